The van der Waals surface area contributed by atoms with Gasteiger partial charge in [-0.15, -0.1) is 0 Å². The molecule has 0 heterocycles. The van der Waals surface area contributed by atoms with Crippen LogP contribution in [0, 0.1) is 17.8 Å². The first-order valence-corrected chi connectivity index (χ1v) is 6.09. The van der Waals surface area contributed by atoms with E-state index in [0.717, 1.165) is 6.42 Å². The van der Waals surface area contributed by atoms with E-state index in [4.69, 9.17) is 5.11 Å². The number of aliphatic hydroxyl groups excluding tert-OH is 1. The normalized spacial score (nSPS) is 24.2. The van der Waals surface area contributed by atoms with Gasteiger partial charge in [0.05, 0.1) is 0 Å². The standard InChI is InChI=1S/C11H15F6NO2/c12-10(13,14)8(11(15,16)17)9(20)18-4-6-2-1-3-7(6)5-19/h6-8,19H,1-5H2,(H,18,20). The number of carbonyl (C=O) groups is 1. The molecule has 1 fully saturated rings. The molecule has 1 aliphatic carbocycles. The van der Waals surface area contributed by atoms with E-state index in [0.29, 0.717) is 12.8 Å². The van der Waals surface area contributed by atoms with Crippen LogP contribution in [0.25, 0.3) is 0 Å². The molecule has 118 valence electrons. The van der Waals surface area contributed by atoms with Crippen molar-refractivity contribution in [3.05, 3.63) is 0 Å². The van der Waals surface area contributed by atoms with Crippen molar-refractivity contribution in [3.8, 4) is 0 Å². The van der Waals surface area contributed by atoms with Crippen molar-refractivity contribution < 1.29 is 36.2 Å². The van der Waals surface area contributed by atoms with Crippen LogP contribution in [-0.2, 0) is 4.79 Å². The van der Waals surface area contributed by atoms with Gasteiger partial charge in [-0.25, -0.2) is 0 Å². The van der Waals surface area contributed by atoms with Crippen LogP contribution in [0.1, 0.15) is 19.3 Å². The van der Waals surface area contributed by atoms with E-state index in [1.165, 1.54) is 0 Å². The average Bonchev–Trinajstić information content (AvgIpc) is 2.69. The van der Waals surface area contributed by atoms with Gasteiger partial charge in [0, 0.05) is 13.2 Å². The second-order valence-electron chi connectivity index (χ2n) is 4.90. The molecule has 1 aliphatic rings. The number of carbonyl (C=O) groups excluding carboxylic acids is 1. The van der Waals surface area contributed by atoms with Gasteiger partial charge in [0.15, 0.2) is 0 Å². The van der Waals surface area contributed by atoms with Crippen LogP contribution in [0.5, 0.6) is 0 Å². The summed E-state index contributed by atoms with van der Waals surface area (Å²) in [7, 11) is 0. The van der Waals surface area contributed by atoms with Gasteiger partial charge in [0.25, 0.3) is 0 Å². The number of hydrogen-bond acceptors (Lipinski definition) is 2. The highest BCUT2D eigenvalue weighted by atomic mass is 19.4. The molecule has 2 N–H and O–H groups in total. The highest BCUT2D eigenvalue weighted by Crippen LogP contribution is 2.39. The molecular weight excluding hydrogens is 292 g/mol. The second-order valence-corrected chi connectivity index (χ2v) is 4.90. The van der Waals surface area contributed by atoms with Crippen molar-refractivity contribution in [2.24, 2.45) is 17.8 Å². The van der Waals surface area contributed by atoms with Crippen molar-refractivity contribution in [2.75, 3.05) is 13.2 Å². The highest BCUT2D eigenvalue weighted by Gasteiger charge is 2.61. The van der Waals surface area contributed by atoms with Gasteiger partial charge in [-0.2, -0.15) is 26.3 Å². The largest absolute Gasteiger partial charge is 0.409 e. The summed E-state index contributed by atoms with van der Waals surface area (Å²) in [6.07, 6.45) is -9.40. The van der Waals surface area contributed by atoms with E-state index in [-0.39, 0.29) is 25.0 Å². The molecule has 0 saturated heterocycles. The fraction of sp³-hybridized carbons (Fsp3) is 0.909. The molecule has 1 saturated carbocycles. The number of amides is 1. The predicted molar refractivity (Wildman–Crippen MR) is 56.5 cm³/mol. The lowest BCUT2D eigenvalue weighted by atomic mass is 9.96. The van der Waals surface area contributed by atoms with Crippen molar-refractivity contribution in [1.82, 2.24) is 5.32 Å². The minimum atomic E-state index is -5.67. The number of alkyl halides is 6. The molecule has 0 aromatic rings. The molecule has 1 rings (SSSR count). The number of aliphatic hydroxyl groups is 1. The molecule has 20 heavy (non-hydrogen) atoms. The summed E-state index contributed by atoms with van der Waals surface area (Å²) in [5, 5.41) is 10.7. The lowest BCUT2D eigenvalue weighted by Crippen LogP contribution is -2.49. The molecule has 0 aliphatic heterocycles. The van der Waals surface area contributed by atoms with Crippen LogP contribution in [0.3, 0.4) is 0 Å². The Labute approximate surface area is 111 Å². The maximum absolute atomic E-state index is 12.3. The third kappa shape index (κ3) is 4.26. The number of nitrogens with one attached hydrogen (secondary N) is 1. The molecule has 1 amide bonds. The summed E-state index contributed by atoms with van der Waals surface area (Å²) >= 11 is 0. The molecular formula is C11H15F6NO2. The lowest BCUT2D eigenvalue weighted by Gasteiger charge is -2.24. The van der Waals surface area contributed by atoms with Crippen LogP contribution < -0.4 is 5.32 Å². The smallest absolute Gasteiger partial charge is 0.396 e. The van der Waals surface area contributed by atoms with Crippen LogP contribution in [0.15, 0.2) is 0 Å². The zero-order valence-corrected chi connectivity index (χ0v) is 10.4. The van der Waals surface area contributed by atoms with Gasteiger partial charge in [0.1, 0.15) is 0 Å². The van der Waals surface area contributed by atoms with Gasteiger partial charge >= 0.3 is 12.4 Å². The fourth-order valence-corrected chi connectivity index (χ4v) is 2.44. The maximum atomic E-state index is 12.3. The van der Waals surface area contributed by atoms with Gasteiger partial charge in [-0.05, 0) is 24.7 Å². The molecule has 0 bridgehead atoms. The van der Waals surface area contributed by atoms with Crippen LogP contribution in [0.4, 0.5) is 26.3 Å². The molecule has 0 radical (unpaired) electrons. The monoisotopic (exact) mass is 307 g/mol. The Hall–Kier alpha value is -0.990. The van der Waals surface area contributed by atoms with Crippen molar-refractivity contribution >= 4 is 5.91 Å². The topological polar surface area (TPSA) is 49.3 Å². The lowest BCUT2D eigenvalue weighted by molar-refractivity contribution is -0.274. The molecule has 0 aromatic carbocycles. The van der Waals surface area contributed by atoms with E-state index in [9.17, 15) is 31.1 Å². The SMILES string of the molecule is O=C(NCC1CCCC1CO)C(C(F)(F)F)C(F)(F)F. The van der Waals surface area contributed by atoms with E-state index in [1.807, 2.05) is 0 Å². The zero-order chi connectivity index (χ0) is 15.6. The third-order valence-electron chi connectivity index (χ3n) is 3.51. The Morgan fingerprint density at radius 1 is 1.10 bits per heavy atom. The number of rotatable bonds is 4. The number of hydrogen-bond donors (Lipinski definition) is 2. The van der Waals surface area contributed by atoms with Crippen LogP contribution in [-0.4, -0.2) is 36.5 Å². The summed E-state index contributed by atoms with van der Waals surface area (Å²) in [5.74, 6) is -6.57. The summed E-state index contributed by atoms with van der Waals surface area (Å²) in [5.41, 5.74) is 0. The van der Waals surface area contributed by atoms with Crippen molar-refractivity contribution in [3.63, 3.8) is 0 Å². The fourth-order valence-electron chi connectivity index (χ4n) is 2.44. The van der Waals surface area contributed by atoms with Crippen molar-refractivity contribution in [1.29, 1.82) is 0 Å². The van der Waals surface area contributed by atoms with E-state index in [1.54, 1.807) is 5.32 Å². The Morgan fingerprint density at radius 3 is 2.05 bits per heavy atom. The highest BCUT2D eigenvalue weighted by molar-refractivity contribution is 5.80. The zero-order valence-electron chi connectivity index (χ0n) is 10.4. The van der Waals surface area contributed by atoms with Crippen LogP contribution in [0.2, 0.25) is 0 Å². The summed E-state index contributed by atoms with van der Waals surface area (Å²) in [4.78, 5) is 11.2. The first kappa shape index (κ1) is 17.1. The van der Waals surface area contributed by atoms with Crippen LogP contribution >= 0.6 is 0 Å². The molecule has 0 spiro atoms. The molecule has 3 nitrogen and oxygen atoms in total. The Bertz CT molecular complexity index is 327. The summed E-state index contributed by atoms with van der Waals surface area (Å²) in [6.45, 7) is -0.477. The Balaban J connectivity index is 2.64. The molecule has 9 heteroatoms. The van der Waals surface area contributed by atoms with Gasteiger partial charge in [-0.3, -0.25) is 4.79 Å². The average molecular weight is 307 g/mol. The first-order chi connectivity index (χ1) is 9.07. The van der Waals surface area contributed by atoms with Gasteiger partial charge < -0.3 is 10.4 Å². The Kier molecular flexibility index (Phi) is 5.28. The molecule has 2 atom stereocenters. The Morgan fingerprint density at radius 2 is 1.60 bits per heavy atom. The second kappa shape index (κ2) is 6.19. The summed E-state index contributed by atoms with van der Waals surface area (Å²) < 4.78 is 73.7. The van der Waals surface area contributed by atoms with E-state index < -0.39 is 24.2 Å². The van der Waals surface area contributed by atoms with Gasteiger partial charge in [0.2, 0.25) is 11.8 Å². The van der Waals surface area contributed by atoms with Crippen molar-refractivity contribution in [2.45, 2.75) is 31.6 Å². The maximum Gasteiger partial charge on any atom is 0.409 e. The predicted octanol–water partition coefficient (Wildman–Crippen LogP) is 2.25. The van der Waals surface area contributed by atoms with E-state index >= 15 is 0 Å². The van der Waals surface area contributed by atoms with Gasteiger partial charge in [-0.1, -0.05) is 6.42 Å². The summed E-state index contributed by atoms with van der Waals surface area (Å²) in [6, 6.07) is 0. The minimum Gasteiger partial charge on any atom is -0.396 e. The minimum absolute atomic E-state index is 0.189. The molecule has 2 unspecified atom stereocenters. The third-order valence-corrected chi connectivity index (χ3v) is 3.51. The molecule has 0 aromatic heterocycles. The quantitative estimate of drug-likeness (QED) is 0.783. The van der Waals surface area contributed by atoms with E-state index in [2.05, 4.69) is 0 Å². The number of halogens is 6. The first-order valence-electron chi connectivity index (χ1n) is 6.09.